The van der Waals surface area contributed by atoms with Gasteiger partial charge in [0.2, 0.25) is 0 Å². The molecule has 2 atom stereocenters. The highest BCUT2D eigenvalue weighted by atomic mass is 19.4. The van der Waals surface area contributed by atoms with Gasteiger partial charge in [0, 0.05) is 5.56 Å². The molecule has 1 aliphatic heterocycles. The Morgan fingerprint density at radius 2 is 1.49 bits per heavy atom. The fraction of sp³-hybridized carbons (Fsp3) is 0.355. The van der Waals surface area contributed by atoms with Crippen LogP contribution in [0.2, 0.25) is 0 Å². The Morgan fingerprint density at radius 3 is 2.05 bits per heavy atom. The Morgan fingerprint density at radius 1 is 0.846 bits per heavy atom. The number of benzene rings is 3. The van der Waals surface area contributed by atoms with E-state index in [9.17, 15) is 30.7 Å². The summed E-state index contributed by atoms with van der Waals surface area (Å²) >= 11 is 0. The van der Waals surface area contributed by atoms with Crippen molar-refractivity contribution >= 4 is 5.83 Å². The number of hydrogen-bond donors (Lipinski definition) is 0. The van der Waals surface area contributed by atoms with Gasteiger partial charge in [0.25, 0.3) is 0 Å². The quantitative estimate of drug-likeness (QED) is 0.200. The van der Waals surface area contributed by atoms with Gasteiger partial charge in [-0.2, -0.15) is 13.2 Å². The van der Waals surface area contributed by atoms with Crippen LogP contribution >= 0.6 is 0 Å². The van der Waals surface area contributed by atoms with Gasteiger partial charge in [-0.05, 0) is 65.6 Å². The lowest BCUT2D eigenvalue weighted by Crippen LogP contribution is -2.20. The van der Waals surface area contributed by atoms with Crippen LogP contribution < -0.4 is 0 Å². The van der Waals surface area contributed by atoms with Crippen LogP contribution in [0.4, 0.5) is 30.7 Å². The Kier molecular flexibility index (Phi) is 9.15. The summed E-state index contributed by atoms with van der Waals surface area (Å²) in [5.41, 5.74) is 0.395. The van der Waals surface area contributed by atoms with Gasteiger partial charge in [0.05, 0.1) is 24.4 Å². The van der Waals surface area contributed by atoms with Gasteiger partial charge in [0.1, 0.15) is 23.3 Å². The molecule has 0 saturated carbocycles. The van der Waals surface area contributed by atoms with Crippen molar-refractivity contribution in [3.05, 3.63) is 89.3 Å². The Labute approximate surface area is 223 Å². The van der Waals surface area contributed by atoms with Crippen LogP contribution in [0, 0.1) is 23.4 Å². The number of hydrogen-bond acceptors (Lipinski definition) is 1. The second kappa shape index (κ2) is 12.4. The largest absolute Gasteiger partial charge is 0.412 e. The summed E-state index contributed by atoms with van der Waals surface area (Å²) in [5, 5.41) is 0. The maximum atomic E-state index is 15.0. The van der Waals surface area contributed by atoms with E-state index in [1.54, 1.807) is 6.07 Å². The first-order chi connectivity index (χ1) is 18.6. The van der Waals surface area contributed by atoms with E-state index in [1.165, 1.54) is 37.8 Å². The van der Waals surface area contributed by atoms with Crippen LogP contribution in [0.5, 0.6) is 0 Å². The smallest absolute Gasteiger partial charge is 0.373 e. The maximum Gasteiger partial charge on any atom is 0.412 e. The Balaban J connectivity index is 1.47. The molecular formula is C31H29F7O. The SMILES string of the molecule is CCCCCC1CCC(c2ccc(-c3ccc(-c4cc(F)c(/C(F)=C/C(F)(F)F)c(F)c4)c(F)c3)cc2)OC1. The van der Waals surface area contributed by atoms with Crippen molar-refractivity contribution in [2.75, 3.05) is 6.61 Å². The zero-order chi connectivity index (χ0) is 28.2. The van der Waals surface area contributed by atoms with E-state index in [0.717, 1.165) is 30.6 Å². The second-order valence-corrected chi connectivity index (χ2v) is 9.93. The third kappa shape index (κ3) is 7.29. The second-order valence-electron chi connectivity index (χ2n) is 9.93. The van der Waals surface area contributed by atoms with Gasteiger partial charge in [-0.25, -0.2) is 17.6 Å². The molecule has 1 saturated heterocycles. The van der Waals surface area contributed by atoms with E-state index < -0.39 is 41.1 Å². The highest BCUT2D eigenvalue weighted by molar-refractivity contribution is 5.73. The summed E-state index contributed by atoms with van der Waals surface area (Å²) < 4.78 is 101. The van der Waals surface area contributed by atoms with Crippen LogP contribution in [-0.2, 0) is 4.74 Å². The predicted molar refractivity (Wildman–Crippen MR) is 138 cm³/mol. The first-order valence-electron chi connectivity index (χ1n) is 13.0. The van der Waals surface area contributed by atoms with Crippen molar-refractivity contribution in [1.82, 2.24) is 0 Å². The van der Waals surface area contributed by atoms with E-state index in [2.05, 4.69) is 6.92 Å². The van der Waals surface area contributed by atoms with Crippen molar-refractivity contribution in [3.63, 3.8) is 0 Å². The van der Waals surface area contributed by atoms with E-state index in [0.29, 0.717) is 23.6 Å². The molecule has 0 N–H and O–H groups in total. The maximum absolute atomic E-state index is 15.0. The average Bonchev–Trinajstić information content (AvgIpc) is 2.88. The molecule has 3 aromatic carbocycles. The Bertz CT molecular complexity index is 1280. The summed E-state index contributed by atoms with van der Waals surface area (Å²) in [7, 11) is 0. The van der Waals surface area contributed by atoms with Crippen molar-refractivity contribution in [3.8, 4) is 22.3 Å². The molecule has 1 nitrogen and oxygen atoms in total. The fourth-order valence-corrected chi connectivity index (χ4v) is 4.97. The highest BCUT2D eigenvalue weighted by Gasteiger charge is 2.28. The van der Waals surface area contributed by atoms with Gasteiger partial charge in [-0.15, -0.1) is 0 Å². The van der Waals surface area contributed by atoms with Crippen LogP contribution in [0.15, 0.2) is 60.7 Å². The molecule has 2 unspecified atom stereocenters. The minimum absolute atomic E-state index is 0.0177. The molecule has 0 aromatic heterocycles. The molecule has 0 bridgehead atoms. The van der Waals surface area contributed by atoms with Crippen molar-refractivity contribution in [1.29, 1.82) is 0 Å². The number of halogens is 7. The van der Waals surface area contributed by atoms with E-state index >= 15 is 0 Å². The summed E-state index contributed by atoms with van der Waals surface area (Å²) in [6, 6.07) is 12.9. The lowest BCUT2D eigenvalue weighted by molar-refractivity contribution is -0.0798. The highest BCUT2D eigenvalue weighted by Crippen LogP contribution is 2.36. The molecule has 4 rings (SSSR count). The third-order valence-electron chi connectivity index (χ3n) is 7.05. The molecule has 39 heavy (non-hydrogen) atoms. The zero-order valence-electron chi connectivity index (χ0n) is 21.4. The molecule has 1 heterocycles. The van der Waals surface area contributed by atoms with E-state index in [4.69, 9.17) is 4.74 Å². The first-order valence-corrected chi connectivity index (χ1v) is 13.0. The summed E-state index contributed by atoms with van der Waals surface area (Å²) in [5.74, 6) is -5.44. The van der Waals surface area contributed by atoms with Crippen molar-refractivity contribution < 1.29 is 35.5 Å². The molecule has 0 spiro atoms. The van der Waals surface area contributed by atoms with Gasteiger partial charge < -0.3 is 4.74 Å². The minimum atomic E-state index is -5.10. The fourth-order valence-electron chi connectivity index (χ4n) is 4.97. The van der Waals surface area contributed by atoms with E-state index in [-0.39, 0.29) is 17.2 Å². The molecule has 1 fully saturated rings. The number of alkyl halides is 3. The lowest BCUT2D eigenvalue weighted by Gasteiger charge is -2.29. The minimum Gasteiger partial charge on any atom is -0.373 e. The summed E-state index contributed by atoms with van der Waals surface area (Å²) in [6.07, 6.45) is 1.02. The van der Waals surface area contributed by atoms with E-state index in [1.807, 2.05) is 24.3 Å². The number of allylic oxidation sites excluding steroid dienone is 1. The van der Waals surface area contributed by atoms with Crippen LogP contribution in [0.3, 0.4) is 0 Å². The molecule has 0 aliphatic carbocycles. The van der Waals surface area contributed by atoms with Gasteiger partial charge in [-0.3, -0.25) is 0 Å². The normalized spacial score (nSPS) is 18.4. The van der Waals surface area contributed by atoms with Crippen LogP contribution in [0.25, 0.3) is 28.1 Å². The van der Waals surface area contributed by atoms with Crippen molar-refractivity contribution in [2.45, 2.75) is 57.7 Å². The van der Waals surface area contributed by atoms with Gasteiger partial charge >= 0.3 is 6.18 Å². The molecule has 0 amide bonds. The monoisotopic (exact) mass is 550 g/mol. The molecular weight excluding hydrogens is 521 g/mol. The van der Waals surface area contributed by atoms with Gasteiger partial charge in [-0.1, -0.05) is 62.6 Å². The molecule has 3 aromatic rings. The molecule has 0 radical (unpaired) electrons. The predicted octanol–water partition coefficient (Wildman–Crippen LogP) is 10.4. The average molecular weight is 551 g/mol. The number of ether oxygens (including phenoxy) is 1. The third-order valence-corrected chi connectivity index (χ3v) is 7.05. The topological polar surface area (TPSA) is 9.23 Å². The van der Waals surface area contributed by atoms with Crippen LogP contribution in [0.1, 0.15) is 62.7 Å². The van der Waals surface area contributed by atoms with Gasteiger partial charge in [0.15, 0.2) is 0 Å². The molecule has 8 heteroatoms. The Hall–Kier alpha value is -3.13. The zero-order valence-corrected chi connectivity index (χ0v) is 21.4. The standard InChI is InChI=1S/C31H29F7O/c1-2-3-4-5-19-6-13-29(39-18-19)21-9-7-20(8-10-21)22-11-12-24(25(32)14-22)23-15-26(33)30(27(34)16-23)28(35)17-31(36,37)38/h7-12,14-17,19,29H,2-6,13,18H2,1H3/b28-17-. The first kappa shape index (κ1) is 28.9. The molecule has 1 aliphatic rings. The molecule has 208 valence electrons. The number of unbranched alkanes of at least 4 members (excludes halogenated alkanes) is 2. The van der Waals surface area contributed by atoms with Crippen molar-refractivity contribution in [2.24, 2.45) is 5.92 Å². The summed E-state index contributed by atoms with van der Waals surface area (Å²) in [6.45, 7) is 2.94. The van der Waals surface area contributed by atoms with Crippen LogP contribution in [-0.4, -0.2) is 12.8 Å². The number of rotatable bonds is 8. The summed E-state index contributed by atoms with van der Waals surface area (Å²) in [4.78, 5) is 0. The lowest BCUT2D eigenvalue weighted by atomic mass is 9.90.